The lowest BCUT2D eigenvalue weighted by Crippen LogP contribution is -2.10. The summed E-state index contributed by atoms with van der Waals surface area (Å²) >= 11 is 3.22. The maximum Gasteiger partial charge on any atom is 0.343 e. The molecule has 0 aromatic heterocycles. The van der Waals surface area contributed by atoms with Crippen molar-refractivity contribution < 1.29 is 24.2 Å². The summed E-state index contributed by atoms with van der Waals surface area (Å²) in [6, 6.07) is 20.9. The molecule has 28 heavy (non-hydrogen) atoms. The molecule has 0 aliphatic heterocycles. The number of carbonyl (C=O) groups excluding carboxylic acids is 1. The van der Waals surface area contributed by atoms with Crippen molar-refractivity contribution in [3.8, 4) is 11.5 Å². The van der Waals surface area contributed by atoms with Gasteiger partial charge in [-0.2, -0.15) is 0 Å². The number of ether oxygens (including phenoxy) is 2. The Hall–Kier alpha value is -3.12. The second-order valence-corrected chi connectivity index (χ2v) is 6.81. The summed E-state index contributed by atoms with van der Waals surface area (Å²) in [7, 11) is 0. The molecule has 3 rings (SSSR count). The molecule has 6 heteroatoms. The third kappa shape index (κ3) is 5.20. The minimum Gasteiger partial charge on any atom is -0.493 e. The van der Waals surface area contributed by atoms with Gasteiger partial charge in [0.15, 0.2) is 0 Å². The highest BCUT2D eigenvalue weighted by molar-refractivity contribution is 9.10. The van der Waals surface area contributed by atoms with Crippen LogP contribution in [0.5, 0.6) is 11.5 Å². The van der Waals surface area contributed by atoms with E-state index in [2.05, 4.69) is 15.9 Å². The predicted molar refractivity (Wildman–Crippen MR) is 108 cm³/mol. The maximum absolute atomic E-state index is 12.4. The number of carboxylic acid groups (broad SMARTS) is 1. The van der Waals surface area contributed by atoms with Crippen molar-refractivity contribution in [2.24, 2.45) is 0 Å². The number of halogens is 1. The number of esters is 1. The average Bonchev–Trinajstić information content (AvgIpc) is 2.70. The van der Waals surface area contributed by atoms with Gasteiger partial charge in [-0.25, -0.2) is 9.59 Å². The van der Waals surface area contributed by atoms with E-state index in [9.17, 15) is 9.59 Å². The van der Waals surface area contributed by atoms with Crippen LogP contribution >= 0.6 is 15.9 Å². The van der Waals surface area contributed by atoms with Gasteiger partial charge in [-0.05, 0) is 57.9 Å². The topological polar surface area (TPSA) is 72.8 Å². The number of carboxylic acids is 1. The van der Waals surface area contributed by atoms with E-state index in [0.717, 1.165) is 6.42 Å². The van der Waals surface area contributed by atoms with Crippen molar-refractivity contribution in [2.75, 3.05) is 6.61 Å². The van der Waals surface area contributed by atoms with Gasteiger partial charge in [0.05, 0.1) is 22.2 Å². The van der Waals surface area contributed by atoms with Crippen molar-refractivity contribution in [3.05, 3.63) is 94.0 Å². The number of rotatable bonds is 7. The third-order valence-corrected chi connectivity index (χ3v) is 4.57. The molecule has 5 nitrogen and oxygen atoms in total. The molecular formula is C22H17BrO5. The maximum atomic E-state index is 12.4. The van der Waals surface area contributed by atoms with Crippen molar-refractivity contribution in [3.63, 3.8) is 0 Å². The number of hydrogen-bond donors (Lipinski definition) is 1. The van der Waals surface area contributed by atoms with Crippen LogP contribution in [0.1, 0.15) is 26.3 Å². The zero-order valence-electron chi connectivity index (χ0n) is 14.8. The zero-order valence-corrected chi connectivity index (χ0v) is 16.4. The Balaban J connectivity index is 1.63. The van der Waals surface area contributed by atoms with Gasteiger partial charge in [-0.15, -0.1) is 0 Å². The number of aromatic carboxylic acids is 1. The quantitative estimate of drug-likeness (QED) is 0.413. The van der Waals surface area contributed by atoms with E-state index in [0.29, 0.717) is 22.4 Å². The van der Waals surface area contributed by atoms with E-state index < -0.39 is 11.9 Å². The molecule has 0 saturated heterocycles. The SMILES string of the molecule is O=C(O)c1ccc(OC(=O)c2cccc(OCCc3ccccc3)c2)c(Br)c1. The van der Waals surface area contributed by atoms with Gasteiger partial charge < -0.3 is 14.6 Å². The molecule has 3 aromatic rings. The monoisotopic (exact) mass is 440 g/mol. The number of benzene rings is 3. The van der Waals surface area contributed by atoms with Crippen molar-refractivity contribution in [1.82, 2.24) is 0 Å². The van der Waals surface area contributed by atoms with Gasteiger partial charge in [0, 0.05) is 6.42 Å². The first-order valence-electron chi connectivity index (χ1n) is 8.55. The number of hydrogen-bond acceptors (Lipinski definition) is 4. The summed E-state index contributed by atoms with van der Waals surface area (Å²) in [4.78, 5) is 23.4. The Morgan fingerprint density at radius 2 is 1.68 bits per heavy atom. The first kappa shape index (κ1) is 19.6. The van der Waals surface area contributed by atoms with Gasteiger partial charge in [0.25, 0.3) is 0 Å². The second-order valence-electron chi connectivity index (χ2n) is 5.95. The normalized spacial score (nSPS) is 10.3. The predicted octanol–water partition coefficient (Wildman–Crippen LogP) is 4.99. The highest BCUT2D eigenvalue weighted by Crippen LogP contribution is 2.27. The van der Waals surface area contributed by atoms with Crippen molar-refractivity contribution in [1.29, 1.82) is 0 Å². The second kappa shape index (κ2) is 9.19. The van der Waals surface area contributed by atoms with Crippen LogP contribution < -0.4 is 9.47 Å². The lowest BCUT2D eigenvalue weighted by molar-refractivity contribution is 0.0696. The Morgan fingerprint density at radius 3 is 2.39 bits per heavy atom. The van der Waals surface area contributed by atoms with Crippen LogP contribution in [0.2, 0.25) is 0 Å². The molecule has 0 aliphatic carbocycles. The van der Waals surface area contributed by atoms with Gasteiger partial charge >= 0.3 is 11.9 Å². The largest absolute Gasteiger partial charge is 0.493 e. The lowest BCUT2D eigenvalue weighted by atomic mass is 10.2. The lowest BCUT2D eigenvalue weighted by Gasteiger charge is -2.09. The van der Waals surface area contributed by atoms with Gasteiger partial charge in [-0.1, -0.05) is 36.4 Å². The molecular weight excluding hydrogens is 424 g/mol. The Labute approximate surface area is 170 Å². The number of carbonyl (C=O) groups is 2. The molecule has 0 amide bonds. The van der Waals surface area contributed by atoms with E-state index in [1.807, 2.05) is 30.3 Å². The molecule has 142 valence electrons. The minimum atomic E-state index is -1.06. The Bertz CT molecular complexity index is 985. The first-order valence-corrected chi connectivity index (χ1v) is 9.34. The van der Waals surface area contributed by atoms with Gasteiger partial charge in [-0.3, -0.25) is 0 Å². The minimum absolute atomic E-state index is 0.0977. The van der Waals surface area contributed by atoms with Crippen LogP contribution in [0, 0.1) is 0 Å². The van der Waals surface area contributed by atoms with Crippen LogP contribution in [-0.2, 0) is 6.42 Å². The van der Waals surface area contributed by atoms with E-state index in [1.54, 1.807) is 24.3 Å². The summed E-state index contributed by atoms with van der Waals surface area (Å²) in [5.74, 6) is -0.799. The van der Waals surface area contributed by atoms with Gasteiger partial charge in [0.2, 0.25) is 0 Å². The molecule has 0 fully saturated rings. The molecule has 0 bridgehead atoms. The summed E-state index contributed by atoms with van der Waals surface area (Å²) in [5, 5.41) is 8.99. The molecule has 0 radical (unpaired) electrons. The fourth-order valence-electron chi connectivity index (χ4n) is 2.52. The van der Waals surface area contributed by atoms with Crippen LogP contribution in [0.3, 0.4) is 0 Å². The molecule has 0 unspecified atom stereocenters. The third-order valence-electron chi connectivity index (χ3n) is 3.95. The first-order chi connectivity index (χ1) is 13.5. The molecule has 0 heterocycles. The van der Waals surface area contributed by atoms with Gasteiger partial charge in [0.1, 0.15) is 11.5 Å². The Kier molecular flexibility index (Phi) is 6.45. The van der Waals surface area contributed by atoms with Crippen LogP contribution in [0.4, 0.5) is 0 Å². The molecule has 1 N–H and O–H groups in total. The van der Waals surface area contributed by atoms with E-state index in [1.165, 1.54) is 23.8 Å². The summed E-state index contributed by atoms with van der Waals surface area (Å²) in [6.07, 6.45) is 0.762. The summed E-state index contributed by atoms with van der Waals surface area (Å²) in [5.41, 5.74) is 1.61. The smallest absolute Gasteiger partial charge is 0.343 e. The fraction of sp³-hybridized carbons (Fsp3) is 0.0909. The molecule has 0 spiro atoms. The summed E-state index contributed by atoms with van der Waals surface area (Å²) < 4.78 is 11.5. The van der Waals surface area contributed by atoms with Crippen molar-refractivity contribution in [2.45, 2.75) is 6.42 Å². The van der Waals surface area contributed by atoms with E-state index in [-0.39, 0.29) is 11.3 Å². The molecule has 3 aromatic carbocycles. The standard InChI is InChI=1S/C22H17BrO5/c23-19-14-16(21(24)25)9-10-20(19)28-22(26)17-7-4-8-18(13-17)27-12-11-15-5-2-1-3-6-15/h1-10,13-14H,11-12H2,(H,24,25). The van der Waals surface area contributed by atoms with E-state index >= 15 is 0 Å². The molecule has 0 saturated carbocycles. The highest BCUT2D eigenvalue weighted by Gasteiger charge is 2.14. The van der Waals surface area contributed by atoms with E-state index in [4.69, 9.17) is 14.6 Å². The molecule has 0 aliphatic rings. The average molecular weight is 441 g/mol. The van der Waals surface area contributed by atoms with Crippen LogP contribution in [0.15, 0.2) is 77.3 Å². The van der Waals surface area contributed by atoms with Crippen molar-refractivity contribution >= 4 is 27.9 Å². The fourth-order valence-corrected chi connectivity index (χ4v) is 2.98. The summed E-state index contributed by atoms with van der Waals surface area (Å²) in [6.45, 7) is 0.491. The highest BCUT2D eigenvalue weighted by atomic mass is 79.9. The van der Waals surface area contributed by atoms with Crippen LogP contribution in [0.25, 0.3) is 0 Å². The Morgan fingerprint density at radius 1 is 0.893 bits per heavy atom. The molecule has 0 atom stereocenters. The van der Waals surface area contributed by atoms with Crippen LogP contribution in [-0.4, -0.2) is 23.7 Å². The zero-order chi connectivity index (χ0) is 19.9.